The van der Waals surface area contributed by atoms with Crippen LogP contribution in [0.25, 0.3) is 0 Å². The fourth-order valence-corrected chi connectivity index (χ4v) is 3.93. The molecule has 1 amide bonds. The molecule has 3 heteroatoms. The molecule has 4 rings (SSSR count). The van der Waals surface area contributed by atoms with Crippen LogP contribution in [0.2, 0.25) is 0 Å². The molecule has 2 aromatic carbocycles. The van der Waals surface area contributed by atoms with Gasteiger partial charge in [-0.1, -0.05) is 60.2 Å². The summed E-state index contributed by atoms with van der Waals surface area (Å²) in [7, 11) is 0. The van der Waals surface area contributed by atoms with Gasteiger partial charge >= 0.3 is 0 Å². The largest absolute Gasteiger partial charge is 0.333 e. The summed E-state index contributed by atoms with van der Waals surface area (Å²) in [6, 6.07) is 19.7. The number of carbonyl (C=O) groups is 1. The molecule has 0 bridgehead atoms. The summed E-state index contributed by atoms with van der Waals surface area (Å²) in [6.45, 7) is 4.89. The summed E-state index contributed by atoms with van der Waals surface area (Å²) >= 11 is 0. The molecule has 130 valence electrons. The Hall–Kier alpha value is -2.13. The molecule has 1 aliphatic heterocycles. The highest BCUT2D eigenvalue weighted by atomic mass is 16.2. The molecule has 1 unspecified atom stereocenters. The molecule has 3 nitrogen and oxygen atoms in total. The molecule has 2 fully saturated rings. The summed E-state index contributed by atoms with van der Waals surface area (Å²) in [5, 5.41) is 0. The molecule has 2 aromatic rings. The normalized spacial score (nSPS) is 21.3. The Balaban J connectivity index is 1.54. The van der Waals surface area contributed by atoms with Gasteiger partial charge in [-0.05, 0) is 30.9 Å². The number of carbonyl (C=O) groups excluding carboxylic acids is 1. The lowest BCUT2D eigenvalue weighted by Gasteiger charge is -2.42. The van der Waals surface area contributed by atoms with E-state index in [9.17, 15) is 4.79 Å². The van der Waals surface area contributed by atoms with E-state index < -0.39 is 0 Å². The van der Waals surface area contributed by atoms with Crippen LogP contribution in [0.5, 0.6) is 0 Å². The summed E-state index contributed by atoms with van der Waals surface area (Å²) in [5.41, 5.74) is 3.58. The van der Waals surface area contributed by atoms with E-state index in [0.717, 1.165) is 31.2 Å². The lowest BCUT2D eigenvalue weighted by atomic mass is 10.0. The van der Waals surface area contributed by atoms with Gasteiger partial charge in [0.15, 0.2) is 0 Å². The second-order valence-corrected chi connectivity index (χ2v) is 7.41. The highest BCUT2D eigenvalue weighted by molar-refractivity contribution is 5.79. The van der Waals surface area contributed by atoms with E-state index in [1.807, 2.05) is 12.1 Å². The van der Waals surface area contributed by atoms with E-state index in [2.05, 4.69) is 59.2 Å². The van der Waals surface area contributed by atoms with Gasteiger partial charge in [0.2, 0.25) is 5.91 Å². The summed E-state index contributed by atoms with van der Waals surface area (Å²) in [6.07, 6.45) is 3.13. The van der Waals surface area contributed by atoms with Crippen molar-refractivity contribution in [2.45, 2.75) is 38.3 Å². The van der Waals surface area contributed by atoms with E-state index in [0.29, 0.717) is 6.42 Å². The number of benzene rings is 2. The summed E-state index contributed by atoms with van der Waals surface area (Å²) in [5.74, 6) is 0.245. The fraction of sp³-hybridized carbons (Fsp3) is 0.409. The fourth-order valence-electron chi connectivity index (χ4n) is 3.93. The Morgan fingerprint density at radius 3 is 2.56 bits per heavy atom. The van der Waals surface area contributed by atoms with Gasteiger partial charge in [-0.25, -0.2) is 0 Å². The van der Waals surface area contributed by atoms with Crippen molar-refractivity contribution in [1.82, 2.24) is 9.80 Å². The zero-order valence-electron chi connectivity index (χ0n) is 14.9. The Bertz CT molecular complexity index is 739. The summed E-state index contributed by atoms with van der Waals surface area (Å²) in [4.78, 5) is 17.7. The third-order valence-corrected chi connectivity index (χ3v) is 5.42. The average Bonchev–Trinajstić information content (AvgIpc) is 3.47. The Kier molecular flexibility index (Phi) is 4.58. The molecule has 0 N–H and O–H groups in total. The molecule has 0 radical (unpaired) electrons. The van der Waals surface area contributed by atoms with Crippen molar-refractivity contribution in [2.24, 2.45) is 0 Å². The van der Waals surface area contributed by atoms with Gasteiger partial charge < -0.3 is 4.90 Å². The Morgan fingerprint density at radius 1 is 1.04 bits per heavy atom. The van der Waals surface area contributed by atoms with E-state index in [-0.39, 0.29) is 11.9 Å². The van der Waals surface area contributed by atoms with Crippen LogP contribution in [0.4, 0.5) is 0 Å². The molecular formula is C22H26N2O. The van der Waals surface area contributed by atoms with Crippen LogP contribution in [0, 0.1) is 6.92 Å². The van der Waals surface area contributed by atoms with Crippen LogP contribution in [0.15, 0.2) is 54.6 Å². The minimum atomic E-state index is 0.174. The van der Waals surface area contributed by atoms with Gasteiger partial charge in [-0.15, -0.1) is 0 Å². The number of amides is 1. The van der Waals surface area contributed by atoms with E-state index in [4.69, 9.17) is 0 Å². The number of piperazine rings is 1. The highest BCUT2D eigenvalue weighted by Gasteiger charge is 2.37. The first-order valence-electron chi connectivity index (χ1n) is 9.35. The first-order chi connectivity index (χ1) is 12.2. The predicted octanol–water partition coefficient (Wildman–Crippen LogP) is 3.59. The van der Waals surface area contributed by atoms with Gasteiger partial charge in [0.25, 0.3) is 0 Å². The first kappa shape index (κ1) is 16.3. The molecule has 1 atom stereocenters. The van der Waals surface area contributed by atoms with Crippen molar-refractivity contribution >= 4 is 5.91 Å². The molecule has 1 saturated heterocycles. The average molecular weight is 334 g/mol. The molecule has 1 saturated carbocycles. The summed E-state index contributed by atoms with van der Waals surface area (Å²) < 4.78 is 0. The molecule has 0 aromatic heterocycles. The Labute approximate surface area is 150 Å². The van der Waals surface area contributed by atoms with Gasteiger partial charge in [-0.2, -0.15) is 0 Å². The van der Waals surface area contributed by atoms with E-state index in [1.165, 1.54) is 24.0 Å². The van der Waals surface area contributed by atoms with Crippen LogP contribution < -0.4 is 0 Å². The zero-order valence-corrected chi connectivity index (χ0v) is 14.9. The zero-order chi connectivity index (χ0) is 17.2. The second kappa shape index (κ2) is 7.01. The van der Waals surface area contributed by atoms with Crippen LogP contribution in [0.3, 0.4) is 0 Å². The smallest absolute Gasteiger partial charge is 0.227 e. The SMILES string of the molecule is Cc1cccc(CC(=O)N2CCN(C3CC3)CC2c2ccccc2)c1. The maximum absolute atomic E-state index is 13.1. The van der Waals surface area contributed by atoms with Gasteiger partial charge in [-0.3, -0.25) is 9.69 Å². The maximum Gasteiger partial charge on any atom is 0.227 e. The van der Waals surface area contributed by atoms with Crippen LogP contribution in [-0.2, 0) is 11.2 Å². The van der Waals surface area contributed by atoms with Crippen LogP contribution in [-0.4, -0.2) is 41.4 Å². The number of hydrogen-bond donors (Lipinski definition) is 0. The van der Waals surface area contributed by atoms with Crippen LogP contribution >= 0.6 is 0 Å². The minimum absolute atomic E-state index is 0.174. The van der Waals surface area contributed by atoms with Crippen molar-refractivity contribution < 1.29 is 4.79 Å². The van der Waals surface area contributed by atoms with Crippen molar-refractivity contribution in [2.75, 3.05) is 19.6 Å². The molecule has 1 heterocycles. The number of rotatable bonds is 4. The predicted molar refractivity (Wildman–Crippen MR) is 100 cm³/mol. The van der Waals surface area contributed by atoms with Gasteiger partial charge in [0, 0.05) is 25.7 Å². The third-order valence-electron chi connectivity index (χ3n) is 5.42. The third kappa shape index (κ3) is 3.77. The molecule has 2 aliphatic rings. The van der Waals surface area contributed by atoms with Crippen molar-refractivity contribution in [3.05, 3.63) is 71.3 Å². The maximum atomic E-state index is 13.1. The van der Waals surface area contributed by atoms with E-state index >= 15 is 0 Å². The highest BCUT2D eigenvalue weighted by Crippen LogP contribution is 2.33. The van der Waals surface area contributed by atoms with Crippen molar-refractivity contribution in [3.63, 3.8) is 0 Å². The van der Waals surface area contributed by atoms with Gasteiger partial charge in [0.1, 0.15) is 0 Å². The van der Waals surface area contributed by atoms with Gasteiger partial charge in [0.05, 0.1) is 12.5 Å². The molecular weight excluding hydrogens is 308 g/mol. The van der Waals surface area contributed by atoms with Crippen LogP contribution in [0.1, 0.15) is 35.6 Å². The Morgan fingerprint density at radius 2 is 1.84 bits per heavy atom. The van der Waals surface area contributed by atoms with E-state index in [1.54, 1.807) is 0 Å². The minimum Gasteiger partial charge on any atom is -0.333 e. The molecule has 1 aliphatic carbocycles. The number of nitrogens with zero attached hydrogens (tertiary/aromatic N) is 2. The molecule has 25 heavy (non-hydrogen) atoms. The number of aryl methyl sites for hydroxylation is 1. The standard InChI is InChI=1S/C22H26N2O/c1-17-6-5-7-18(14-17)15-22(25)24-13-12-23(20-10-11-20)16-21(24)19-8-3-2-4-9-19/h2-9,14,20-21H,10-13,15-16H2,1H3. The molecule has 0 spiro atoms. The van der Waals surface area contributed by atoms with Crippen molar-refractivity contribution in [3.8, 4) is 0 Å². The number of hydrogen-bond acceptors (Lipinski definition) is 2. The first-order valence-corrected chi connectivity index (χ1v) is 9.35. The monoisotopic (exact) mass is 334 g/mol. The van der Waals surface area contributed by atoms with Crippen molar-refractivity contribution in [1.29, 1.82) is 0 Å². The quantitative estimate of drug-likeness (QED) is 0.853. The lowest BCUT2D eigenvalue weighted by molar-refractivity contribution is -0.135. The lowest BCUT2D eigenvalue weighted by Crippen LogP contribution is -2.51. The second-order valence-electron chi connectivity index (χ2n) is 7.41. The topological polar surface area (TPSA) is 23.6 Å².